The minimum atomic E-state index is -1.20. The van der Waals surface area contributed by atoms with Crippen LogP contribution in [0.2, 0.25) is 5.02 Å². The lowest BCUT2D eigenvalue weighted by molar-refractivity contribution is 0.0514. The van der Waals surface area contributed by atoms with Crippen molar-refractivity contribution in [3.05, 3.63) is 63.7 Å². The minimum absolute atomic E-state index is 0.151. The van der Waals surface area contributed by atoms with Gasteiger partial charge in [-0.25, -0.2) is 13.6 Å². The van der Waals surface area contributed by atoms with E-state index in [1.807, 2.05) is 6.92 Å². The first kappa shape index (κ1) is 17.4. The maximum Gasteiger partial charge on any atom is 0.367 e. The summed E-state index contributed by atoms with van der Waals surface area (Å²) in [7, 11) is 0. The van der Waals surface area contributed by atoms with Crippen LogP contribution in [0.4, 0.5) is 8.78 Å². The zero-order chi connectivity index (χ0) is 18.1. The molecule has 0 aromatic heterocycles. The molecule has 0 bridgehead atoms. The minimum Gasteiger partial charge on any atom is -0.508 e. The highest BCUT2D eigenvalue weighted by Crippen LogP contribution is 2.29. The molecule has 25 heavy (non-hydrogen) atoms. The number of halogens is 3. The maximum atomic E-state index is 13.3. The van der Waals surface area contributed by atoms with Crippen LogP contribution in [-0.4, -0.2) is 16.8 Å². The summed E-state index contributed by atoms with van der Waals surface area (Å²) in [4.78, 5) is 17.0. The van der Waals surface area contributed by atoms with Crippen LogP contribution in [0.15, 0.2) is 35.5 Å². The molecule has 3 rings (SSSR count). The van der Waals surface area contributed by atoms with Crippen LogP contribution in [0.3, 0.4) is 0 Å². The largest absolute Gasteiger partial charge is 0.508 e. The summed E-state index contributed by atoms with van der Waals surface area (Å²) in [5.74, 6) is -2.93. The van der Waals surface area contributed by atoms with Crippen molar-refractivity contribution in [1.29, 1.82) is 0 Å². The van der Waals surface area contributed by atoms with Gasteiger partial charge in [0.2, 0.25) is 0 Å². The highest BCUT2D eigenvalue weighted by molar-refractivity contribution is 6.33. The summed E-state index contributed by atoms with van der Waals surface area (Å²) in [5, 5.41) is 13.2. The predicted molar refractivity (Wildman–Crippen MR) is 88.9 cm³/mol. The fourth-order valence-corrected chi connectivity index (χ4v) is 3.06. The van der Waals surface area contributed by atoms with Crippen molar-refractivity contribution < 1.29 is 23.5 Å². The Balaban J connectivity index is 1.87. The molecule has 0 fully saturated rings. The van der Waals surface area contributed by atoms with Crippen LogP contribution < -0.4 is 0 Å². The van der Waals surface area contributed by atoms with Crippen LogP contribution >= 0.6 is 11.6 Å². The van der Waals surface area contributed by atoms with E-state index in [2.05, 4.69) is 5.16 Å². The summed E-state index contributed by atoms with van der Waals surface area (Å²) >= 11 is 5.76. The molecule has 0 heterocycles. The van der Waals surface area contributed by atoms with Gasteiger partial charge in [-0.3, -0.25) is 0 Å². The van der Waals surface area contributed by atoms with Gasteiger partial charge >= 0.3 is 5.97 Å². The third-order valence-electron chi connectivity index (χ3n) is 3.98. The van der Waals surface area contributed by atoms with E-state index < -0.39 is 17.6 Å². The molecule has 0 spiro atoms. The molecule has 7 heteroatoms. The topological polar surface area (TPSA) is 58.9 Å². The van der Waals surface area contributed by atoms with Crippen molar-refractivity contribution in [2.24, 2.45) is 11.1 Å². The smallest absolute Gasteiger partial charge is 0.367 e. The number of hydrogen-bond acceptors (Lipinski definition) is 4. The molecular weight excluding hydrogens is 352 g/mol. The molecule has 1 aliphatic rings. The predicted octanol–water partition coefficient (Wildman–Crippen LogP) is 4.47. The van der Waals surface area contributed by atoms with Gasteiger partial charge in [0.15, 0.2) is 11.6 Å². The Bertz CT molecular complexity index is 883. The van der Waals surface area contributed by atoms with E-state index >= 15 is 0 Å². The van der Waals surface area contributed by atoms with Gasteiger partial charge in [-0.2, -0.15) is 0 Å². The fourth-order valence-electron chi connectivity index (χ4n) is 2.83. The molecule has 2 aromatic rings. The number of benzene rings is 2. The number of rotatable bonds is 2. The van der Waals surface area contributed by atoms with E-state index in [0.29, 0.717) is 24.3 Å². The molecule has 4 nitrogen and oxygen atoms in total. The molecule has 0 unspecified atom stereocenters. The van der Waals surface area contributed by atoms with E-state index in [4.69, 9.17) is 16.4 Å². The Kier molecular flexibility index (Phi) is 4.72. The summed E-state index contributed by atoms with van der Waals surface area (Å²) < 4.78 is 26.4. The normalized spacial score (nSPS) is 18.1. The van der Waals surface area contributed by atoms with Crippen LogP contribution in [-0.2, 0) is 11.3 Å². The van der Waals surface area contributed by atoms with Gasteiger partial charge in [-0.15, -0.1) is 0 Å². The van der Waals surface area contributed by atoms with Crippen LogP contribution in [0.5, 0.6) is 5.75 Å². The van der Waals surface area contributed by atoms with Crippen molar-refractivity contribution in [1.82, 2.24) is 0 Å². The number of phenols is 1. The van der Waals surface area contributed by atoms with Gasteiger partial charge in [-0.05, 0) is 54.7 Å². The average molecular weight is 366 g/mol. The summed E-state index contributed by atoms with van der Waals surface area (Å²) in [6.07, 6.45) is 1.35. The highest BCUT2D eigenvalue weighted by atomic mass is 35.5. The second-order valence-electron chi connectivity index (χ2n) is 6.02. The van der Waals surface area contributed by atoms with E-state index in [1.165, 1.54) is 6.07 Å². The highest BCUT2D eigenvalue weighted by Gasteiger charge is 2.23. The van der Waals surface area contributed by atoms with Crippen molar-refractivity contribution in [3.8, 4) is 5.75 Å². The van der Waals surface area contributed by atoms with Crippen molar-refractivity contribution in [2.45, 2.75) is 19.8 Å². The Labute approximate surface area is 147 Å². The summed E-state index contributed by atoms with van der Waals surface area (Å²) in [6, 6.07) is 6.26. The fraction of sp³-hybridized carbons (Fsp3) is 0.222. The molecule has 0 saturated heterocycles. The molecule has 0 saturated carbocycles. The first-order valence-corrected chi connectivity index (χ1v) is 7.98. The molecule has 1 atom stereocenters. The molecule has 130 valence electrons. The number of oxime groups is 1. The Morgan fingerprint density at radius 2 is 1.96 bits per heavy atom. The number of hydrogen-bond donors (Lipinski definition) is 1. The maximum absolute atomic E-state index is 13.3. The standard InChI is InChI=1S/C18H14ClF2NO3/c1-9-4-10-6-11(23)2-3-12(10)17(5-9)22-25-18(24)13-7-15(20)16(21)8-14(13)19/h2-3,6-9,23H,4-5H2,1H3/b22-17+/t9-/m1/s1. The second kappa shape index (κ2) is 6.80. The molecular formula is C18H14ClF2NO3. The lowest BCUT2D eigenvalue weighted by atomic mass is 9.83. The Morgan fingerprint density at radius 1 is 1.24 bits per heavy atom. The van der Waals surface area contributed by atoms with Gasteiger partial charge in [0.25, 0.3) is 0 Å². The van der Waals surface area contributed by atoms with E-state index in [1.54, 1.807) is 12.1 Å². The van der Waals surface area contributed by atoms with Gasteiger partial charge in [0.1, 0.15) is 5.75 Å². The third kappa shape index (κ3) is 3.64. The lowest BCUT2D eigenvalue weighted by Crippen LogP contribution is -2.19. The van der Waals surface area contributed by atoms with Gasteiger partial charge in [-0.1, -0.05) is 23.7 Å². The quantitative estimate of drug-likeness (QED) is 0.485. The van der Waals surface area contributed by atoms with Crippen LogP contribution in [0, 0.1) is 17.6 Å². The van der Waals surface area contributed by atoms with Crippen molar-refractivity contribution in [3.63, 3.8) is 0 Å². The second-order valence-corrected chi connectivity index (χ2v) is 6.42. The molecule has 0 aliphatic heterocycles. The first-order chi connectivity index (χ1) is 11.8. The SMILES string of the molecule is C[C@H]1C/C(=N\OC(=O)c2cc(F)c(F)cc2Cl)c2ccc(O)cc2C1. The molecule has 1 N–H and O–H groups in total. The molecule has 0 amide bonds. The zero-order valence-electron chi connectivity index (χ0n) is 13.2. The van der Waals surface area contributed by atoms with E-state index in [-0.39, 0.29) is 22.3 Å². The van der Waals surface area contributed by atoms with Gasteiger partial charge < -0.3 is 9.94 Å². The van der Waals surface area contributed by atoms with Crippen molar-refractivity contribution >= 4 is 23.3 Å². The molecule has 0 radical (unpaired) electrons. The summed E-state index contributed by atoms with van der Waals surface area (Å²) in [5.41, 5.74) is 1.92. The average Bonchev–Trinajstić information content (AvgIpc) is 2.55. The molecule has 2 aromatic carbocycles. The monoisotopic (exact) mass is 365 g/mol. The number of carbonyl (C=O) groups is 1. The number of aromatic hydroxyl groups is 1. The molecule has 1 aliphatic carbocycles. The van der Waals surface area contributed by atoms with Crippen molar-refractivity contribution in [2.75, 3.05) is 0 Å². The third-order valence-corrected chi connectivity index (χ3v) is 4.29. The summed E-state index contributed by atoms with van der Waals surface area (Å²) in [6.45, 7) is 2.01. The Morgan fingerprint density at radius 3 is 2.72 bits per heavy atom. The number of nitrogens with zero attached hydrogens (tertiary/aromatic N) is 1. The number of phenolic OH excluding ortho intramolecular Hbond substituents is 1. The van der Waals surface area contributed by atoms with Crippen LogP contribution in [0.25, 0.3) is 0 Å². The van der Waals surface area contributed by atoms with E-state index in [0.717, 1.165) is 17.5 Å². The van der Waals surface area contributed by atoms with Crippen LogP contribution in [0.1, 0.15) is 34.8 Å². The zero-order valence-corrected chi connectivity index (χ0v) is 14.0. The number of fused-ring (bicyclic) bond motifs is 1. The first-order valence-electron chi connectivity index (χ1n) is 7.60. The lowest BCUT2D eigenvalue weighted by Gasteiger charge is -2.22. The van der Waals surface area contributed by atoms with Gasteiger partial charge in [0.05, 0.1) is 16.3 Å². The van der Waals surface area contributed by atoms with Gasteiger partial charge in [0, 0.05) is 5.56 Å². The Hall–Kier alpha value is -2.47. The number of carbonyl (C=O) groups excluding carboxylic acids is 1. The van der Waals surface area contributed by atoms with E-state index in [9.17, 15) is 18.7 Å².